The van der Waals surface area contributed by atoms with E-state index in [2.05, 4.69) is 5.32 Å². The van der Waals surface area contributed by atoms with Crippen molar-refractivity contribution in [1.82, 2.24) is 10.2 Å². The van der Waals surface area contributed by atoms with Crippen LogP contribution in [0.2, 0.25) is 5.02 Å². The first-order valence-electron chi connectivity index (χ1n) is 12.3. The van der Waals surface area contributed by atoms with E-state index in [1.165, 1.54) is 0 Å². The highest BCUT2D eigenvalue weighted by Crippen LogP contribution is 2.23. The maximum atomic E-state index is 13.7. The van der Waals surface area contributed by atoms with Crippen molar-refractivity contribution in [2.24, 2.45) is 0 Å². The number of thioether (sulfide) groups is 1. The van der Waals surface area contributed by atoms with E-state index in [0.29, 0.717) is 35.9 Å². The number of ether oxygens (including phenoxy) is 1. The predicted octanol–water partition coefficient (Wildman–Crippen LogP) is 6.39. The number of amides is 2. The smallest absolute Gasteiger partial charge is 0.243 e. The van der Waals surface area contributed by atoms with E-state index < -0.39 is 11.6 Å². The fourth-order valence-corrected chi connectivity index (χ4v) is 4.87. The summed E-state index contributed by atoms with van der Waals surface area (Å²) < 4.78 is 5.39. The highest BCUT2D eigenvalue weighted by molar-refractivity contribution is 7.99. The molecule has 3 rings (SSSR count). The second kappa shape index (κ2) is 13.5. The lowest BCUT2D eigenvalue weighted by molar-refractivity contribution is -0.141. The van der Waals surface area contributed by atoms with Crippen LogP contribution < -0.4 is 10.1 Å². The second-order valence-corrected chi connectivity index (χ2v) is 11.5. The molecule has 0 saturated carbocycles. The summed E-state index contributed by atoms with van der Waals surface area (Å²) in [5.41, 5.74) is 1.47. The number of hydrogen-bond donors (Lipinski definition) is 1. The van der Waals surface area contributed by atoms with E-state index >= 15 is 0 Å². The lowest BCUT2D eigenvalue weighted by atomic mass is 10.0. The number of carbonyl (C=O) groups is 2. The molecule has 196 valence electrons. The van der Waals surface area contributed by atoms with Gasteiger partial charge in [0.2, 0.25) is 11.8 Å². The molecule has 1 N–H and O–H groups in total. The molecule has 5 nitrogen and oxygen atoms in total. The number of nitrogens with one attached hydrogen (secondary N) is 1. The summed E-state index contributed by atoms with van der Waals surface area (Å²) in [6.45, 7) is 6.14. The summed E-state index contributed by atoms with van der Waals surface area (Å²) >= 11 is 7.59. The van der Waals surface area contributed by atoms with Crippen LogP contribution in [0.25, 0.3) is 0 Å². The van der Waals surface area contributed by atoms with Crippen molar-refractivity contribution in [3.05, 3.63) is 95.0 Å². The van der Waals surface area contributed by atoms with Gasteiger partial charge in [-0.15, -0.1) is 11.8 Å². The van der Waals surface area contributed by atoms with Gasteiger partial charge in [0.25, 0.3) is 0 Å². The van der Waals surface area contributed by atoms with Gasteiger partial charge in [0.05, 0.1) is 7.11 Å². The zero-order valence-electron chi connectivity index (χ0n) is 21.9. The summed E-state index contributed by atoms with van der Waals surface area (Å²) in [4.78, 5) is 30.1. The SMILES string of the molecule is COc1cccc(CN(C(=O)CCSc2ccc(Cl)cc2)[C@H](Cc2ccccc2)C(=O)NC(C)(C)C)c1. The molecule has 0 aliphatic carbocycles. The first kappa shape index (κ1) is 28.6. The van der Waals surface area contributed by atoms with Crippen LogP contribution in [-0.2, 0) is 22.6 Å². The molecule has 3 aromatic rings. The van der Waals surface area contributed by atoms with Crippen molar-refractivity contribution in [2.75, 3.05) is 12.9 Å². The Morgan fingerprint density at radius 1 is 0.973 bits per heavy atom. The van der Waals surface area contributed by atoms with Crippen molar-refractivity contribution in [3.8, 4) is 5.75 Å². The van der Waals surface area contributed by atoms with Crippen molar-refractivity contribution < 1.29 is 14.3 Å². The van der Waals surface area contributed by atoms with Crippen molar-refractivity contribution in [1.29, 1.82) is 0 Å². The molecule has 0 bridgehead atoms. The summed E-state index contributed by atoms with van der Waals surface area (Å²) in [6, 6.07) is 24.3. The van der Waals surface area contributed by atoms with Crippen LogP contribution in [0.15, 0.2) is 83.8 Å². The van der Waals surface area contributed by atoms with E-state index in [1.807, 2.05) is 99.6 Å². The van der Waals surface area contributed by atoms with Gasteiger partial charge in [-0.3, -0.25) is 9.59 Å². The van der Waals surface area contributed by atoms with Gasteiger partial charge in [-0.2, -0.15) is 0 Å². The molecule has 0 spiro atoms. The monoisotopic (exact) mass is 538 g/mol. The highest BCUT2D eigenvalue weighted by Gasteiger charge is 2.32. The minimum Gasteiger partial charge on any atom is -0.497 e. The van der Waals surface area contributed by atoms with Gasteiger partial charge in [-0.05, 0) is 68.3 Å². The third-order valence-corrected chi connectivity index (χ3v) is 6.92. The number of carbonyl (C=O) groups excluding carboxylic acids is 2. The minimum atomic E-state index is -0.666. The molecule has 7 heteroatoms. The number of methoxy groups -OCH3 is 1. The highest BCUT2D eigenvalue weighted by atomic mass is 35.5. The number of rotatable bonds is 11. The molecular formula is C30H35ClN2O3S. The quantitative estimate of drug-likeness (QED) is 0.287. The fourth-order valence-electron chi connectivity index (χ4n) is 3.91. The molecule has 3 aromatic carbocycles. The van der Waals surface area contributed by atoms with Crippen LogP contribution >= 0.6 is 23.4 Å². The summed E-state index contributed by atoms with van der Waals surface area (Å²) in [6.07, 6.45) is 0.716. The number of benzene rings is 3. The number of nitrogens with zero attached hydrogens (tertiary/aromatic N) is 1. The summed E-state index contributed by atoms with van der Waals surface area (Å²) in [5.74, 6) is 1.06. The normalized spacial score (nSPS) is 12.0. The largest absolute Gasteiger partial charge is 0.497 e. The molecule has 2 amide bonds. The first-order chi connectivity index (χ1) is 17.6. The second-order valence-electron chi connectivity index (χ2n) is 9.87. The Labute approximate surface area is 229 Å². The van der Waals surface area contributed by atoms with Gasteiger partial charge in [-0.1, -0.05) is 54.1 Å². The Morgan fingerprint density at radius 3 is 2.30 bits per heavy atom. The lowest BCUT2D eigenvalue weighted by Gasteiger charge is -2.34. The molecule has 1 atom stereocenters. The van der Waals surface area contributed by atoms with Gasteiger partial charge in [-0.25, -0.2) is 0 Å². The molecule has 0 fully saturated rings. The first-order valence-corrected chi connectivity index (χ1v) is 13.7. The summed E-state index contributed by atoms with van der Waals surface area (Å²) in [7, 11) is 1.62. The Bertz CT molecular complexity index is 1160. The average molecular weight is 539 g/mol. The molecule has 0 unspecified atom stereocenters. The van der Waals surface area contributed by atoms with Crippen LogP contribution in [0.5, 0.6) is 5.75 Å². The molecule has 0 aliphatic rings. The van der Waals surface area contributed by atoms with Crippen LogP contribution in [0, 0.1) is 0 Å². The average Bonchev–Trinajstić information content (AvgIpc) is 2.87. The molecule has 0 heterocycles. The topological polar surface area (TPSA) is 58.6 Å². The van der Waals surface area contributed by atoms with E-state index in [0.717, 1.165) is 16.0 Å². The Morgan fingerprint density at radius 2 is 1.65 bits per heavy atom. The molecule has 0 aliphatic heterocycles. The van der Waals surface area contributed by atoms with Crippen molar-refractivity contribution >= 4 is 35.2 Å². The standard InChI is InChI=1S/C30H35ClN2O3S/c1-30(2,3)32-29(35)27(20-22-9-6-5-7-10-22)33(21-23-11-8-12-25(19-23)36-4)28(34)17-18-37-26-15-13-24(31)14-16-26/h5-16,19,27H,17-18,20-21H2,1-4H3,(H,32,35)/t27-/m1/s1. The lowest BCUT2D eigenvalue weighted by Crippen LogP contribution is -2.54. The van der Waals surface area contributed by atoms with Gasteiger partial charge in [0, 0.05) is 40.6 Å². The van der Waals surface area contributed by atoms with Gasteiger partial charge < -0.3 is 15.0 Å². The maximum Gasteiger partial charge on any atom is 0.243 e. The van der Waals surface area contributed by atoms with E-state index in [-0.39, 0.29) is 11.8 Å². The van der Waals surface area contributed by atoms with Crippen molar-refractivity contribution in [3.63, 3.8) is 0 Å². The van der Waals surface area contributed by atoms with Crippen LogP contribution in [0.1, 0.15) is 38.3 Å². The van der Waals surface area contributed by atoms with Gasteiger partial charge in [0.1, 0.15) is 11.8 Å². The minimum absolute atomic E-state index is 0.0747. The van der Waals surface area contributed by atoms with E-state index in [1.54, 1.807) is 23.8 Å². The Balaban J connectivity index is 1.88. The van der Waals surface area contributed by atoms with Gasteiger partial charge in [0.15, 0.2) is 0 Å². The Kier molecular flexibility index (Phi) is 10.5. The molecule has 0 radical (unpaired) electrons. The van der Waals surface area contributed by atoms with Crippen molar-refractivity contribution in [2.45, 2.75) is 56.6 Å². The third-order valence-electron chi connectivity index (χ3n) is 5.65. The zero-order chi connectivity index (χ0) is 26.8. The number of halogens is 1. The van der Waals surface area contributed by atoms with E-state index in [4.69, 9.17) is 16.3 Å². The molecular weight excluding hydrogens is 504 g/mol. The number of hydrogen-bond acceptors (Lipinski definition) is 4. The maximum absolute atomic E-state index is 13.7. The fraction of sp³-hybridized carbons (Fsp3) is 0.333. The van der Waals surface area contributed by atoms with Gasteiger partial charge >= 0.3 is 0 Å². The molecule has 37 heavy (non-hydrogen) atoms. The predicted molar refractivity (Wildman–Crippen MR) is 152 cm³/mol. The zero-order valence-corrected chi connectivity index (χ0v) is 23.4. The van der Waals surface area contributed by atoms with Crippen LogP contribution in [-0.4, -0.2) is 41.2 Å². The summed E-state index contributed by atoms with van der Waals surface area (Å²) in [5, 5.41) is 3.77. The van der Waals surface area contributed by atoms with E-state index in [9.17, 15) is 9.59 Å². The third kappa shape index (κ3) is 9.45. The van der Waals surface area contributed by atoms with Crippen LogP contribution in [0.4, 0.5) is 0 Å². The van der Waals surface area contributed by atoms with Crippen LogP contribution in [0.3, 0.4) is 0 Å². The molecule has 0 saturated heterocycles. The Hall–Kier alpha value is -2.96. The molecule has 0 aromatic heterocycles.